The Hall–Kier alpha value is -1.68. The first kappa shape index (κ1) is 11.8. The Morgan fingerprint density at radius 3 is 2.59 bits per heavy atom. The maximum Gasteiger partial charge on any atom is 0.148 e. The van der Waals surface area contributed by atoms with E-state index in [-0.39, 0.29) is 0 Å². The van der Waals surface area contributed by atoms with Gasteiger partial charge in [-0.2, -0.15) is 5.10 Å². The lowest BCUT2D eigenvalue weighted by molar-refractivity contribution is 0.413. The molecule has 17 heavy (non-hydrogen) atoms. The molecule has 0 bridgehead atoms. The second-order valence-electron chi connectivity index (χ2n) is 3.91. The van der Waals surface area contributed by atoms with Gasteiger partial charge in [-0.25, -0.2) is 0 Å². The van der Waals surface area contributed by atoms with Crippen LogP contribution in [0, 0.1) is 13.8 Å². The molecule has 0 spiro atoms. The third kappa shape index (κ3) is 1.96. The zero-order chi connectivity index (χ0) is 12.6. The first-order valence-electron chi connectivity index (χ1n) is 5.19. The number of nitrogens with two attached hydrogens (primary N) is 1. The van der Waals surface area contributed by atoms with Gasteiger partial charge in [0.2, 0.25) is 0 Å². The van der Waals surface area contributed by atoms with Gasteiger partial charge in [0.05, 0.1) is 12.8 Å². The predicted octanol–water partition coefficient (Wildman–Crippen LogP) is 2.94. The van der Waals surface area contributed by atoms with Gasteiger partial charge in [-0.15, -0.1) is 0 Å². The number of aromatic amines is 1. The summed E-state index contributed by atoms with van der Waals surface area (Å²) >= 11 is 6.07. The molecule has 2 rings (SSSR count). The van der Waals surface area contributed by atoms with Crippen LogP contribution in [0.2, 0.25) is 5.02 Å². The van der Waals surface area contributed by atoms with Crippen molar-refractivity contribution < 1.29 is 4.74 Å². The van der Waals surface area contributed by atoms with Gasteiger partial charge in [0.25, 0.3) is 0 Å². The second-order valence-corrected chi connectivity index (χ2v) is 4.35. The topological polar surface area (TPSA) is 63.9 Å². The molecule has 5 heteroatoms. The Kier molecular flexibility index (Phi) is 2.98. The fraction of sp³-hybridized carbons (Fsp3) is 0.250. The lowest BCUT2D eigenvalue weighted by atomic mass is 10.0. The number of nitrogen functional groups attached to an aromatic ring is 1. The van der Waals surface area contributed by atoms with Gasteiger partial charge in [-0.1, -0.05) is 11.6 Å². The number of rotatable bonds is 2. The molecule has 0 saturated carbocycles. The van der Waals surface area contributed by atoms with Gasteiger partial charge in [0.15, 0.2) is 0 Å². The van der Waals surface area contributed by atoms with E-state index in [2.05, 4.69) is 10.2 Å². The summed E-state index contributed by atoms with van der Waals surface area (Å²) < 4.78 is 5.40. The van der Waals surface area contributed by atoms with Gasteiger partial charge in [0.1, 0.15) is 11.6 Å². The summed E-state index contributed by atoms with van der Waals surface area (Å²) in [6.07, 6.45) is 0. The van der Waals surface area contributed by atoms with Crippen LogP contribution in [-0.4, -0.2) is 17.3 Å². The Morgan fingerprint density at radius 1 is 1.35 bits per heavy atom. The highest BCUT2D eigenvalue weighted by atomic mass is 35.5. The molecule has 0 radical (unpaired) electrons. The van der Waals surface area contributed by atoms with Crippen molar-refractivity contribution in [1.82, 2.24) is 10.2 Å². The minimum atomic E-state index is 0.486. The molecule has 0 aliphatic heterocycles. The maximum atomic E-state index is 6.07. The number of hydrogen-bond donors (Lipinski definition) is 2. The smallest absolute Gasteiger partial charge is 0.148 e. The van der Waals surface area contributed by atoms with Crippen molar-refractivity contribution in [3.8, 4) is 17.0 Å². The fourth-order valence-corrected chi connectivity index (χ4v) is 2.13. The number of aromatic nitrogens is 2. The number of ether oxygens (including phenoxy) is 1. The van der Waals surface area contributed by atoms with Crippen LogP contribution in [0.1, 0.15) is 11.1 Å². The number of aryl methyl sites for hydroxylation is 1. The first-order valence-corrected chi connectivity index (χ1v) is 5.57. The van der Waals surface area contributed by atoms with Crippen LogP contribution in [0.4, 0.5) is 5.82 Å². The third-order valence-electron chi connectivity index (χ3n) is 2.76. The van der Waals surface area contributed by atoms with Crippen molar-refractivity contribution in [2.75, 3.05) is 12.8 Å². The van der Waals surface area contributed by atoms with E-state index < -0.39 is 0 Å². The Balaban J connectivity index is 2.70. The van der Waals surface area contributed by atoms with Crippen molar-refractivity contribution in [3.05, 3.63) is 28.3 Å². The minimum Gasteiger partial charge on any atom is -0.496 e. The van der Waals surface area contributed by atoms with E-state index in [0.29, 0.717) is 10.8 Å². The zero-order valence-electron chi connectivity index (χ0n) is 9.97. The van der Waals surface area contributed by atoms with Crippen molar-refractivity contribution in [1.29, 1.82) is 0 Å². The average Bonchev–Trinajstić information content (AvgIpc) is 2.59. The van der Waals surface area contributed by atoms with Crippen LogP contribution >= 0.6 is 11.6 Å². The molecular formula is C12H14ClN3O. The summed E-state index contributed by atoms with van der Waals surface area (Å²) in [7, 11) is 1.63. The normalized spacial score (nSPS) is 10.6. The van der Waals surface area contributed by atoms with E-state index in [4.69, 9.17) is 22.1 Å². The molecule has 3 N–H and O–H groups in total. The van der Waals surface area contributed by atoms with Gasteiger partial charge < -0.3 is 10.5 Å². The summed E-state index contributed by atoms with van der Waals surface area (Å²) in [5.74, 6) is 1.26. The Bertz CT molecular complexity index is 563. The summed E-state index contributed by atoms with van der Waals surface area (Å²) in [6, 6.07) is 3.70. The zero-order valence-corrected chi connectivity index (χ0v) is 10.7. The predicted molar refractivity (Wildman–Crippen MR) is 69.5 cm³/mol. The molecule has 0 amide bonds. The molecule has 2 aromatic rings. The number of methoxy groups -OCH3 is 1. The molecular weight excluding hydrogens is 238 g/mol. The molecule has 0 atom stereocenters. The van der Waals surface area contributed by atoms with E-state index >= 15 is 0 Å². The maximum absolute atomic E-state index is 6.07. The molecule has 90 valence electrons. The number of H-pyrrole nitrogens is 1. The lowest BCUT2D eigenvalue weighted by Crippen LogP contribution is -1.93. The van der Waals surface area contributed by atoms with Crippen LogP contribution in [0.15, 0.2) is 12.1 Å². The number of benzene rings is 1. The molecule has 4 nitrogen and oxygen atoms in total. The van der Waals surface area contributed by atoms with Crippen molar-refractivity contribution in [3.63, 3.8) is 0 Å². The number of hydrogen-bond acceptors (Lipinski definition) is 3. The fourth-order valence-electron chi connectivity index (χ4n) is 1.86. The van der Waals surface area contributed by atoms with Gasteiger partial charge in [-0.05, 0) is 31.5 Å². The van der Waals surface area contributed by atoms with E-state index in [9.17, 15) is 0 Å². The van der Waals surface area contributed by atoms with Crippen molar-refractivity contribution >= 4 is 17.4 Å². The van der Waals surface area contributed by atoms with E-state index in [1.807, 2.05) is 26.0 Å². The highest BCUT2D eigenvalue weighted by molar-refractivity contribution is 6.31. The standard InChI is InChI=1S/C12H14ClN3O/c1-6-4-8(13)5-9(11(6)17-3)10-7(2)12(14)16-15-10/h4-5H,1-3H3,(H3,14,15,16). The molecule has 1 aromatic heterocycles. The molecule has 0 unspecified atom stereocenters. The van der Waals surface area contributed by atoms with Crippen LogP contribution in [0.25, 0.3) is 11.3 Å². The number of nitrogens with one attached hydrogen (secondary N) is 1. The monoisotopic (exact) mass is 251 g/mol. The van der Waals surface area contributed by atoms with Crippen LogP contribution in [0.3, 0.4) is 0 Å². The quantitative estimate of drug-likeness (QED) is 0.863. The molecule has 1 heterocycles. The van der Waals surface area contributed by atoms with E-state index in [1.54, 1.807) is 7.11 Å². The largest absolute Gasteiger partial charge is 0.496 e. The van der Waals surface area contributed by atoms with Gasteiger partial charge in [-0.3, -0.25) is 5.10 Å². The Labute approximate surface area is 105 Å². The molecule has 0 aliphatic carbocycles. The lowest BCUT2D eigenvalue weighted by Gasteiger charge is -2.11. The average molecular weight is 252 g/mol. The summed E-state index contributed by atoms with van der Waals surface area (Å²) in [5.41, 5.74) is 9.31. The number of nitrogens with zero attached hydrogens (tertiary/aromatic N) is 1. The molecule has 0 saturated heterocycles. The van der Waals surface area contributed by atoms with Gasteiger partial charge in [0, 0.05) is 16.1 Å². The van der Waals surface area contributed by atoms with Gasteiger partial charge >= 0.3 is 0 Å². The molecule has 0 fully saturated rings. The summed E-state index contributed by atoms with van der Waals surface area (Å²) in [5, 5.41) is 7.55. The minimum absolute atomic E-state index is 0.486. The number of anilines is 1. The second kappa shape index (κ2) is 4.30. The summed E-state index contributed by atoms with van der Waals surface area (Å²) in [4.78, 5) is 0. The van der Waals surface area contributed by atoms with Crippen molar-refractivity contribution in [2.45, 2.75) is 13.8 Å². The van der Waals surface area contributed by atoms with Crippen LogP contribution < -0.4 is 10.5 Å². The third-order valence-corrected chi connectivity index (χ3v) is 2.98. The molecule has 1 aromatic carbocycles. The van der Waals surface area contributed by atoms with E-state index in [0.717, 1.165) is 28.1 Å². The van der Waals surface area contributed by atoms with Crippen molar-refractivity contribution in [2.24, 2.45) is 0 Å². The van der Waals surface area contributed by atoms with E-state index in [1.165, 1.54) is 0 Å². The Morgan fingerprint density at radius 2 is 2.06 bits per heavy atom. The van der Waals surface area contributed by atoms with Crippen LogP contribution in [0.5, 0.6) is 5.75 Å². The highest BCUT2D eigenvalue weighted by Gasteiger charge is 2.15. The first-order chi connectivity index (χ1) is 8.04. The highest BCUT2D eigenvalue weighted by Crippen LogP contribution is 2.37. The number of halogens is 1. The SMILES string of the molecule is COc1c(C)cc(Cl)cc1-c1[nH]nc(N)c1C. The summed E-state index contributed by atoms with van der Waals surface area (Å²) in [6.45, 7) is 3.85. The van der Waals surface area contributed by atoms with Crippen LogP contribution in [-0.2, 0) is 0 Å². The molecule has 0 aliphatic rings.